The van der Waals surface area contributed by atoms with Crippen molar-refractivity contribution in [2.24, 2.45) is 5.92 Å². The maximum atomic E-state index is 13.0. The number of hydrogen-bond acceptors (Lipinski definition) is 1. The molecule has 0 fully saturated rings. The number of hydrogen-bond donors (Lipinski definition) is 1. The van der Waals surface area contributed by atoms with Crippen LogP contribution in [-0.4, -0.2) is 19.5 Å². The Morgan fingerprint density at radius 2 is 2.00 bits per heavy atom. The molecule has 0 bridgehead atoms. The molecule has 0 radical (unpaired) electrons. The van der Waals surface area contributed by atoms with E-state index in [0.29, 0.717) is 13.0 Å². The van der Waals surface area contributed by atoms with Gasteiger partial charge >= 0.3 is 0 Å². The monoisotopic (exact) mass is 165 g/mol. The Bertz CT molecular complexity index is 104. The van der Waals surface area contributed by atoms with E-state index in [1.807, 2.05) is 0 Å². The fraction of sp³-hybridized carbons (Fsp3) is 1.00. The Balaban J connectivity index is 3.83. The van der Waals surface area contributed by atoms with Gasteiger partial charge in [0.25, 0.3) is 5.92 Å². The quantitative estimate of drug-likeness (QED) is 0.659. The minimum Gasteiger partial charge on any atom is -0.319 e. The van der Waals surface area contributed by atoms with Gasteiger partial charge in [-0.05, 0) is 7.05 Å². The molecule has 0 aliphatic rings. The van der Waals surface area contributed by atoms with E-state index in [1.54, 1.807) is 20.9 Å². The molecule has 1 N–H and O–H groups in total. The van der Waals surface area contributed by atoms with Gasteiger partial charge in [-0.2, -0.15) is 0 Å². The Labute approximate surface area is 67.2 Å². The topological polar surface area (TPSA) is 12.0 Å². The summed E-state index contributed by atoms with van der Waals surface area (Å²) in [6.45, 7) is 3.74. The van der Waals surface area contributed by atoms with E-state index in [1.165, 1.54) is 0 Å². The molecular weight excluding hydrogens is 148 g/mol. The summed E-state index contributed by atoms with van der Waals surface area (Å²) < 4.78 is 25.9. The highest BCUT2D eigenvalue weighted by Gasteiger charge is 2.34. The molecule has 0 aromatic heterocycles. The molecule has 0 aliphatic heterocycles. The van der Waals surface area contributed by atoms with Crippen molar-refractivity contribution in [3.63, 3.8) is 0 Å². The van der Waals surface area contributed by atoms with Crippen LogP contribution in [-0.2, 0) is 0 Å². The summed E-state index contributed by atoms with van der Waals surface area (Å²) in [5.41, 5.74) is 0. The van der Waals surface area contributed by atoms with Crippen molar-refractivity contribution in [1.82, 2.24) is 5.32 Å². The number of nitrogens with one attached hydrogen (secondary N) is 1. The molecule has 0 aromatic rings. The molecule has 11 heavy (non-hydrogen) atoms. The molecule has 3 heteroatoms. The Morgan fingerprint density at radius 3 is 2.36 bits per heavy atom. The minimum absolute atomic E-state index is 0.00412. The van der Waals surface area contributed by atoms with E-state index >= 15 is 0 Å². The summed E-state index contributed by atoms with van der Waals surface area (Å²) in [4.78, 5) is 0. The van der Waals surface area contributed by atoms with Crippen LogP contribution < -0.4 is 5.32 Å². The number of rotatable bonds is 5. The van der Waals surface area contributed by atoms with E-state index in [9.17, 15) is 8.78 Å². The van der Waals surface area contributed by atoms with Gasteiger partial charge in [0, 0.05) is 18.9 Å². The maximum absolute atomic E-state index is 13.0. The van der Waals surface area contributed by atoms with E-state index < -0.39 is 11.8 Å². The Hall–Kier alpha value is -0.180. The zero-order valence-corrected chi connectivity index (χ0v) is 7.45. The molecule has 1 nitrogen and oxygen atoms in total. The minimum atomic E-state index is -2.50. The lowest BCUT2D eigenvalue weighted by atomic mass is 10.00. The third kappa shape index (κ3) is 3.65. The largest absolute Gasteiger partial charge is 0.319 e. The van der Waals surface area contributed by atoms with Gasteiger partial charge in [0.2, 0.25) is 0 Å². The van der Waals surface area contributed by atoms with Gasteiger partial charge in [-0.3, -0.25) is 0 Å². The van der Waals surface area contributed by atoms with Crippen molar-refractivity contribution in [3.05, 3.63) is 0 Å². The average Bonchev–Trinajstić information content (AvgIpc) is 1.88. The van der Waals surface area contributed by atoms with Crippen LogP contribution in [0.2, 0.25) is 0 Å². The van der Waals surface area contributed by atoms with Crippen LogP contribution in [0.5, 0.6) is 0 Å². The second-order valence-electron chi connectivity index (χ2n) is 2.97. The van der Waals surface area contributed by atoms with E-state index in [0.717, 1.165) is 0 Å². The van der Waals surface area contributed by atoms with Crippen molar-refractivity contribution in [1.29, 1.82) is 0 Å². The maximum Gasteiger partial charge on any atom is 0.251 e. The van der Waals surface area contributed by atoms with Crippen LogP contribution in [0.3, 0.4) is 0 Å². The van der Waals surface area contributed by atoms with Gasteiger partial charge in [0.15, 0.2) is 0 Å². The number of halogens is 2. The first-order chi connectivity index (χ1) is 5.04. The van der Waals surface area contributed by atoms with Crippen LogP contribution in [0, 0.1) is 5.92 Å². The Morgan fingerprint density at radius 1 is 1.45 bits per heavy atom. The highest BCUT2D eigenvalue weighted by atomic mass is 19.3. The van der Waals surface area contributed by atoms with Gasteiger partial charge in [-0.15, -0.1) is 0 Å². The van der Waals surface area contributed by atoms with Gasteiger partial charge in [-0.1, -0.05) is 20.3 Å². The first kappa shape index (κ1) is 10.8. The molecule has 0 aliphatic carbocycles. The van der Waals surface area contributed by atoms with Crippen molar-refractivity contribution in [2.45, 2.75) is 32.6 Å². The summed E-state index contributed by atoms with van der Waals surface area (Å²) in [6.07, 6.45) is 0.539. The first-order valence-corrected chi connectivity index (χ1v) is 4.07. The Kier molecular flexibility index (Phi) is 4.57. The summed E-state index contributed by atoms with van der Waals surface area (Å²) in [6, 6.07) is 0. The average molecular weight is 165 g/mol. The molecular formula is C8H17F2N. The molecule has 1 unspecified atom stereocenters. The third-order valence-corrected chi connectivity index (χ3v) is 1.81. The highest BCUT2D eigenvalue weighted by Crippen LogP contribution is 2.28. The van der Waals surface area contributed by atoms with Gasteiger partial charge in [0.1, 0.15) is 0 Å². The molecule has 0 spiro atoms. The van der Waals surface area contributed by atoms with Crippen LogP contribution >= 0.6 is 0 Å². The second-order valence-corrected chi connectivity index (χ2v) is 2.97. The van der Waals surface area contributed by atoms with Crippen molar-refractivity contribution in [3.8, 4) is 0 Å². The van der Waals surface area contributed by atoms with E-state index in [-0.39, 0.29) is 6.42 Å². The van der Waals surface area contributed by atoms with Gasteiger partial charge < -0.3 is 5.32 Å². The van der Waals surface area contributed by atoms with Crippen LogP contribution in [0.4, 0.5) is 8.78 Å². The lowest BCUT2D eigenvalue weighted by Crippen LogP contribution is -2.33. The summed E-state index contributed by atoms with van der Waals surface area (Å²) in [5.74, 6) is -3.06. The van der Waals surface area contributed by atoms with Crippen LogP contribution in [0.15, 0.2) is 0 Å². The van der Waals surface area contributed by atoms with Crippen molar-refractivity contribution < 1.29 is 8.78 Å². The predicted octanol–water partition coefficient (Wildman–Crippen LogP) is 2.28. The standard InChI is InChI=1S/C8H17F2N/c1-4-5-8(9,10)7(2)6-11-3/h7,11H,4-6H2,1-3H3. The number of alkyl halides is 2. The molecule has 0 amide bonds. The summed E-state index contributed by atoms with van der Waals surface area (Å²) in [5, 5.41) is 2.75. The molecule has 0 rings (SSSR count). The molecule has 68 valence electrons. The second kappa shape index (κ2) is 4.65. The zero-order chi connectivity index (χ0) is 8.91. The van der Waals surface area contributed by atoms with Gasteiger partial charge in [-0.25, -0.2) is 8.78 Å². The van der Waals surface area contributed by atoms with E-state index in [4.69, 9.17) is 0 Å². The van der Waals surface area contributed by atoms with Crippen LogP contribution in [0.25, 0.3) is 0 Å². The van der Waals surface area contributed by atoms with Crippen molar-refractivity contribution in [2.75, 3.05) is 13.6 Å². The molecule has 0 saturated carbocycles. The molecule has 0 saturated heterocycles. The first-order valence-electron chi connectivity index (χ1n) is 4.07. The van der Waals surface area contributed by atoms with Crippen molar-refractivity contribution >= 4 is 0 Å². The van der Waals surface area contributed by atoms with Crippen LogP contribution in [0.1, 0.15) is 26.7 Å². The fourth-order valence-corrected chi connectivity index (χ4v) is 1.04. The predicted molar refractivity (Wildman–Crippen MR) is 42.9 cm³/mol. The SMILES string of the molecule is CCCC(F)(F)C(C)CNC. The zero-order valence-electron chi connectivity index (χ0n) is 7.45. The lowest BCUT2D eigenvalue weighted by Gasteiger charge is -2.22. The fourth-order valence-electron chi connectivity index (χ4n) is 1.04. The van der Waals surface area contributed by atoms with E-state index in [2.05, 4.69) is 5.32 Å². The normalized spacial score (nSPS) is 15.0. The molecule has 1 atom stereocenters. The molecule has 0 aromatic carbocycles. The smallest absolute Gasteiger partial charge is 0.251 e. The third-order valence-electron chi connectivity index (χ3n) is 1.81. The summed E-state index contributed by atoms with van der Waals surface area (Å²) >= 11 is 0. The lowest BCUT2D eigenvalue weighted by molar-refractivity contribution is -0.0578. The highest BCUT2D eigenvalue weighted by molar-refractivity contribution is 4.74. The van der Waals surface area contributed by atoms with Gasteiger partial charge in [0.05, 0.1) is 0 Å². The summed E-state index contributed by atoms with van der Waals surface area (Å²) in [7, 11) is 1.69. The molecule has 0 heterocycles.